The van der Waals surface area contributed by atoms with Crippen molar-refractivity contribution in [2.75, 3.05) is 6.61 Å². The molecule has 0 aliphatic rings. The topological polar surface area (TPSA) is 75.6 Å². The molecule has 1 aromatic rings. The normalized spacial score (nSPS) is 9.88. The molecule has 2 N–H and O–H groups in total. The molecule has 1 aromatic carbocycles. The van der Waals surface area contributed by atoms with Crippen LogP contribution < -0.4 is 5.48 Å². The van der Waals surface area contributed by atoms with Crippen molar-refractivity contribution in [2.45, 2.75) is 6.92 Å². The molecule has 5 nitrogen and oxygen atoms in total. The highest BCUT2D eigenvalue weighted by atomic mass is 19.1. The second kappa shape index (κ2) is 5.22. The fourth-order valence-corrected chi connectivity index (χ4v) is 1.03. The number of aryl methyl sites for hydroxylation is 1. The van der Waals surface area contributed by atoms with Crippen molar-refractivity contribution in [3.05, 3.63) is 35.1 Å². The van der Waals surface area contributed by atoms with Gasteiger partial charge in [0, 0.05) is 0 Å². The molecule has 0 atom stereocenters. The van der Waals surface area contributed by atoms with E-state index in [0.717, 1.165) is 6.07 Å². The van der Waals surface area contributed by atoms with Crippen molar-refractivity contribution in [1.29, 1.82) is 0 Å². The monoisotopic (exact) mass is 227 g/mol. The highest BCUT2D eigenvalue weighted by Gasteiger charge is 2.12. The van der Waals surface area contributed by atoms with Crippen LogP contribution in [0.25, 0.3) is 0 Å². The molecule has 0 bridgehead atoms. The molecule has 0 aromatic heterocycles. The number of carboxylic acids is 1. The van der Waals surface area contributed by atoms with Crippen LogP contribution in [-0.4, -0.2) is 23.6 Å². The Bertz CT molecular complexity index is 419. The summed E-state index contributed by atoms with van der Waals surface area (Å²) in [5, 5.41) is 8.25. The number of aliphatic carboxylic acids is 1. The van der Waals surface area contributed by atoms with Gasteiger partial charge in [-0.1, -0.05) is 11.6 Å². The number of carboxylic acid groups (broad SMARTS) is 1. The lowest BCUT2D eigenvalue weighted by molar-refractivity contribution is -0.144. The third-order valence-corrected chi connectivity index (χ3v) is 1.73. The van der Waals surface area contributed by atoms with Crippen LogP contribution in [0.5, 0.6) is 0 Å². The summed E-state index contributed by atoms with van der Waals surface area (Å²) in [6, 6.07) is 4.01. The van der Waals surface area contributed by atoms with Crippen LogP contribution >= 0.6 is 0 Å². The van der Waals surface area contributed by atoms with Crippen LogP contribution in [0.2, 0.25) is 0 Å². The van der Waals surface area contributed by atoms with Gasteiger partial charge in [0.25, 0.3) is 5.91 Å². The van der Waals surface area contributed by atoms with Gasteiger partial charge in [0.05, 0.1) is 5.56 Å². The Hall–Kier alpha value is -1.95. The number of nitrogens with one attached hydrogen (secondary N) is 1. The number of carbonyl (C=O) groups is 2. The summed E-state index contributed by atoms with van der Waals surface area (Å²) < 4.78 is 13.2. The lowest BCUT2D eigenvalue weighted by Gasteiger charge is -2.05. The Morgan fingerprint density at radius 2 is 2.19 bits per heavy atom. The molecule has 86 valence electrons. The number of benzene rings is 1. The van der Waals surface area contributed by atoms with E-state index in [2.05, 4.69) is 4.84 Å². The minimum absolute atomic E-state index is 0.189. The average Bonchev–Trinajstić information content (AvgIpc) is 2.21. The summed E-state index contributed by atoms with van der Waals surface area (Å²) in [4.78, 5) is 25.8. The van der Waals surface area contributed by atoms with Gasteiger partial charge in [0.2, 0.25) is 0 Å². The SMILES string of the molecule is Cc1ccc(F)c(C(=O)NOCC(=O)O)c1. The zero-order valence-electron chi connectivity index (χ0n) is 8.49. The van der Waals surface area contributed by atoms with Crippen molar-refractivity contribution >= 4 is 11.9 Å². The highest BCUT2D eigenvalue weighted by molar-refractivity contribution is 5.94. The Morgan fingerprint density at radius 1 is 1.50 bits per heavy atom. The predicted molar refractivity (Wildman–Crippen MR) is 52.2 cm³/mol. The predicted octanol–water partition coefficient (Wildman–Crippen LogP) is 0.880. The van der Waals surface area contributed by atoms with E-state index in [-0.39, 0.29) is 5.56 Å². The summed E-state index contributed by atoms with van der Waals surface area (Å²) in [5.74, 6) is -2.74. The minimum Gasteiger partial charge on any atom is -0.479 e. The van der Waals surface area contributed by atoms with Crippen LogP contribution in [0.3, 0.4) is 0 Å². The first-order valence-corrected chi connectivity index (χ1v) is 4.41. The molecule has 0 heterocycles. The second-order valence-electron chi connectivity index (χ2n) is 3.10. The molecular formula is C10H10FNO4. The number of hydrogen-bond acceptors (Lipinski definition) is 3. The smallest absolute Gasteiger partial charge is 0.332 e. The number of amides is 1. The van der Waals surface area contributed by atoms with Crippen molar-refractivity contribution in [3.8, 4) is 0 Å². The zero-order chi connectivity index (χ0) is 12.1. The van der Waals surface area contributed by atoms with E-state index >= 15 is 0 Å². The molecule has 0 spiro atoms. The van der Waals surface area contributed by atoms with Gasteiger partial charge in [-0.25, -0.2) is 14.7 Å². The number of hydroxylamine groups is 1. The lowest BCUT2D eigenvalue weighted by atomic mass is 10.1. The van der Waals surface area contributed by atoms with E-state index < -0.39 is 24.3 Å². The molecule has 0 saturated heterocycles. The van der Waals surface area contributed by atoms with Gasteiger partial charge in [-0.15, -0.1) is 0 Å². The molecule has 0 aliphatic carbocycles. The van der Waals surface area contributed by atoms with E-state index in [0.29, 0.717) is 5.56 Å². The Kier molecular flexibility index (Phi) is 3.96. The first kappa shape index (κ1) is 12.1. The van der Waals surface area contributed by atoms with Gasteiger partial charge in [-0.2, -0.15) is 0 Å². The van der Waals surface area contributed by atoms with E-state index in [1.165, 1.54) is 12.1 Å². The van der Waals surface area contributed by atoms with Crippen LogP contribution in [0.15, 0.2) is 18.2 Å². The van der Waals surface area contributed by atoms with E-state index in [4.69, 9.17) is 5.11 Å². The van der Waals surface area contributed by atoms with E-state index in [9.17, 15) is 14.0 Å². The van der Waals surface area contributed by atoms with Gasteiger partial charge in [-0.3, -0.25) is 9.63 Å². The highest BCUT2D eigenvalue weighted by Crippen LogP contribution is 2.09. The number of halogens is 1. The molecule has 1 amide bonds. The second-order valence-corrected chi connectivity index (χ2v) is 3.10. The van der Waals surface area contributed by atoms with Crippen LogP contribution in [0.4, 0.5) is 4.39 Å². The molecule has 0 saturated carbocycles. The molecular weight excluding hydrogens is 217 g/mol. The lowest BCUT2D eigenvalue weighted by Crippen LogP contribution is -2.27. The van der Waals surface area contributed by atoms with Gasteiger partial charge < -0.3 is 5.11 Å². The summed E-state index contributed by atoms with van der Waals surface area (Å²) in [6.45, 7) is 1.02. The standard InChI is InChI=1S/C10H10FNO4/c1-6-2-3-8(11)7(4-6)10(15)12-16-5-9(13)14/h2-4H,5H2,1H3,(H,12,15)(H,13,14). The number of hydrogen-bond donors (Lipinski definition) is 2. The van der Waals surface area contributed by atoms with Crippen molar-refractivity contribution in [1.82, 2.24) is 5.48 Å². The summed E-state index contributed by atoms with van der Waals surface area (Å²) in [6.07, 6.45) is 0. The van der Waals surface area contributed by atoms with E-state index in [1.807, 2.05) is 5.48 Å². The van der Waals surface area contributed by atoms with Crippen molar-refractivity contribution in [3.63, 3.8) is 0 Å². The summed E-state index contributed by atoms with van der Waals surface area (Å²) >= 11 is 0. The van der Waals surface area contributed by atoms with Crippen LogP contribution in [0, 0.1) is 12.7 Å². The Labute approximate surface area is 90.8 Å². The Balaban J connectivity index is 2.65. The molecule has 0 fully saturated rings. The average molecular weight is 227 g/mol. The third kappa shape index (κ3) is 3.32. The fraction of sp³-hybridized carbons (Fsp3) is 0.200. The number of carbonyl (C=O) groups excluding carboxylic acids is 1. The van der Waals surface area contributed by atoms with Gasteiger partial charge in [0.15, 0.2) is 6.61 Å². The van der Waals surface area contributed by atoms with Gasteiger partial charge in [-0.05, 0) is 19.1 Å². The Morgan fingerprint density at radius 3 is 2.81 bits per heavy atom. The molecule has 6 heteroatoms. The molecule has 0 unspecified atom stereocenters. The first-order chi connectivity index (χ1) is 7.50. The maximum Gasteiger partial charge on any atom is 0.332 e. The van der Waals surface area contributed by atoms with Gasteiger partial charge in [0.1, 0.15) is 5.82 Å². The van der Waals surface area contributed by atoms with Crippen LogP contribution in [-0.2, 0) is 9.63 Å². The first-order valence-electron chi connectivity index (χ1n) is 4.41. The summed E-state index contributed by atoms with van der Waals surface area (Å²) in [7, 11) is 0. The van der Waals surface area contributed by atoms with Gasteiger partial charge >= 0.3 is 5.97 Å². The van der Waals surface area contributed by atoms with E-state index in [1.54, 1.807) is 6.92 Å². The number of rotatable bonds is 4. The molecule has 0 aliphatic heterocycles. The van der Waals surface area contributed by atoms with Crippen molar-refractivity contribution < 1.29 is 23.9 Å². The molecule has 16 heavy (non-hydrogen) atoms. The molecule has 0 radical (unpaired) electrons. The quantitative estimate of drug-likeness (QED) is 0.748. The molecule has 1 rings (SSSR count). The minimum atomic E-state index is -1.23. The largest absolute Gasteiger partial charge is 0.479 e. The fourth-order valence-electron chi connectivity index (χ4n) is 1.03. The third-order valence-electron chi connectivity index (χ3n) is 1.73. The zero-order valence-corrected chi connectivity index (χ0v) is 8.49. The summed E-state index contributed by atoms with van der Waals surface area (Å²) in [5.41, 5.74) is 2.36. The van der Waals surface area contributed by atoms with Crippen molar-refractivity contribution in [2.24, 2.45) is 0 Å². The maximum absolute atomic E-state index is 13.2. The maximum atomic E-state index is 13.2. The van der Waals surface area contributed by atoms with Crippen LogP contribution in [0.1, 0.15) is 15.9 Å².